The third-order valence-corrected chi connectivity index (χ3v) is 1.34. The van der Waals surface area contributed by atoms with Crippen molar-refractivity contribution in [3.05, 3.63) is 0 Å². The smallest absolute Gasteiger partial charge is 0.318 e. The van der Waals surface area contributed by atoms with Crippen LogP contribution in [-0.4, -0.2) is 57.8 Å². The Hall–Kier alpha value is -2.20. The molecule has 0 aliphatic rings. The van der Waals surface area contributed by atoms with Gasteiger partial charge in [-0.2, -0.15) is 0 Å². The van der Waals surface area contributed by atoms with E-state index < -0.39 is 50.2 Å². The van der Waals surface area contributed by atoms with Crippen molar-refractivity contribution >= 4 is 23.9 Å². The van der Waals surface area contributed by atoms with Crippen molar-refractivity contribution < 1.29 is 44.1 Å². The number of hydrogen-bond acceptors (Lipinski definition) is 8. The van der Waals surface area contributed by atoms with Crippen molar-refractivity contribution in [2.45, 2.75) is 12.8 Å². The summed E-state index contributed by atoms with van der Waals surface area (Å²) in [5, 5.41) is 25.7. The van der Waals surface area contributed by atoms with Gasteiger partial charge >= 0.3 is 23.9 Å². The van der Waals surface area contributed by atoms with Crippen LogP contribution in [0, 0.1) is 0 Å². The average molecular weight is 265 g/mol. The zero-order chi connectivity index (χ0) is 14.1. The average Bonchev–Trinajstić information content (AvgIpc) is 2.21. The summed E-state index contributed by atoms with van der Waals surface area (Å²) in [7, 11) is 0. The molecule has 0 unspecified atom stereocenters. The van der Waals surface area contributed by atoms with Crippen LogP contribution >= 0.6 is 0 Å². The lowest BCUT2D eigenvalue weighted by molar-refractivity contribution is -0.212. The molecular weight excluding hydrogens is 254 g/mol. The van der Waals surface area contributed by atoms with Gasteiger partial charge in [0.15, 0.2) is 13.5 Å². The van der Waals surface area contributed by atoms with Gasteiger partial charge in [-0.25, -0.2) is 0 Å². The highest BCUT2D eigenvalue weighted by atomic mass is 16.6. The van der Waals surface area contributed by atoms with Gasteiger partial charge < -0.3 is 24.9 Å². The van der Waals surface area contributed by atoms with E-state index in [-0.39, 0.29) is 5.06 Å². The predicted molar refractivity (Wildman–Crippen MR) is 50.0 cm³/mol. The van der Waals surface area contributed by atoms with E-state index >= 15 is 0 Å². The standard InChI is InChI=1S/C8H11NO9/c10-5(11)1-7(14)17-3-9(16)4-18-8(15)2-6(12)13/h16H,1-4H2,(H,10,11)(H,12,13). The van der Waals surface area contributed by atoms with Crippen LogP contribution in [0.15, 0.2) is 0 Å². The van der Waals surface area contributed by atoms with Crippen LogP contribution in [0.25, 0.3) is 0 Å². The van der Waals surface area contributed by atoms with Gasteiger partial charge in [0.05, 0.1) is 0 Å². The molecule has 0 saturated heterocycles. The SMILES string of the molecule is O=C(O)CC(=O)OCN(O)COC(=O)CC(=O)O. The molecule has 0 bridgehead atoms. The van der Waals surface area contributed by atoms with Crippen LogP contribution in [0.4, 0.5) is 0 Å². The molecule has 0 aliphatic carbocycles. The highest BCUT2D eigenvalue weighted by molar-refractivity contribution is 5.90. The van der Waals surface area contributed by atoms with E-state index in [9.17, 15) is 19.2 Å². The number of hydrogen-bond donors (Lipinski definition) is 3. The van der Waals surface area contributed by atoms with Crippen LogP contribution in [0.2, 0.25) is 0 Å². The van der Waals surface area contributed by atoms with Gasteiger partial charge in [-0.15, -0.1) is 5.06 Å². The van der Waals surface area contributed by atoms with Crippen molar-refractivity contribution in [3.8, 4) is 0 Å². The Kier molecular flexibility index (Phi) is 7.00. The maximum atomic E-state index is 10.7. The second kappa shape index (κ2) is 7.97. The summed E-state index contributed by atoms with van der Waals surface area (Å²) in [6.07, 6.45) is -1.74. The molecule has 0 rings (SSSR count). The monoisotopic (exact) mass is 265 g/mol. The molecule has 0 aromatic rings. The second-order valence-electron chi connectivity index (χ2n) is 2.94. The molecule has 0 heterocycles. The zero-order valence-electron chi connectivity index (χ0n) is 9.07. The van der Waals surface area contributed by atoms with E-state index in [2.05, 4.69) is 9.47 Å². The number of carbonyl (C=O) groups excluding carboxylic acids is 2. The minimum Gasteiger partial charge on any atom is -0.481 e. The van der Waals surface area contributed by atoms with Crippen LogP contribution in [0.5, 0.6) is 0 Å². The lowest BCUT2D eigenvalue weighted by atomic mass is 10.4. The minimum atomic E-state index is -1.39. The van der Waals surface area contributed by atoms with Crippen LogP contribution in [0.1, 0.15) is 12.8 Å². The number of aliphatic carboxylic acids is 2. The summed E-state index contributed by atoms with van der Waals surface area (Å²) in [4.78, 5) is 41.6. The fourth-order valence-electron chi connectivity index (χ4n) is 0.679. The second-order valence-corrected chi connectivity index (χ2v) is 2.94. The van der Waals surface area contributed by atoms with Crippen LogP contribution in [-0.2, 0) is 28.7 Å². The molecule has 0 aromatic carbocycles. The van der Waals surface area contributed by atoms with Crippen LogP contribution < -0.4 is 0 Å². The molecule has 0 fully saturated rings. The highest BCUT2D eigenvalue weighted by Crippen LogP contribution is 1.92. The molecule has 0 amide bonds. The number of nitrogens with zero attached hydrogens (tertiary/aromatic N) is 1. The van der Waals surface area contributed by atoms with Gasteiger partial charge in [-0.05, 0) is 0 Å². The first kappa shape index (κ1) is 15.8. The lowest BCUT2D eigenvalue weighted by Crippen LogP contribution is -2.29. The molecule has 10 nitrogen and oxygen atoms in total. The number of hydroxylamine groups is 2. The summed E-state index contributed by atoms with van der Waals surface area (Å²) in [5.74, 6) is -4.95. The minimum absolute atomic E-state index is 0.250. The Morgan fingerprint density at radius 2 is 1.17 bits per heavy atom. The summed E-state index contributed by atoms with van der Waals surface area (Å²) in [6, 6.07) is 0. The van der Waals surface area contributed by atoms with Gasteiger partial charge in [0.25, 0.3) is 0 Å². The maximum absolute atomic E-state index is 10.7. The van der Waals surface area contributed by atoms with Crippen molar-refractivity contribution in [1.29, 1.82) is 0 Å². The zero-order valence-corrected chi connectivity index (χ0v) is 9.07. The molecule has 0 spiro atoms. The predicted octanol–water partition coefficient (Wildman–Crippen LogP) is -1.37. The van der Waals surface area contributed by atoms with E-state index in [1.54, 1.807) is 0 Å². The number of rotatable bonds is 8. The third-order valence-electron chi connectivity index (χ3n) is 1.34. The largest absolute Gasteiger partial charge is 0.481 e. The number of ether oxygens (including phenoxy) is 2. The summed E-state index contributed by atoms with van der Waals surface area (Å²) in [5.41, 5.74) is 0. The first-order chi connectivity index (χ1) is 8.31. The summed E-state index contributed by atoms with van der Waals surface area (Å²) >= 11 is 0. The maximum Gasteiger partial charge on any atom is 0.318 e. The number of carboxylic acid groups (broad SMARTS) is 2. The topological polar surface area (TPSA) is 151 Å². The van der Waals surface area contributed by atoms with E-state index in [1.165, 1.54) is 0 Å². The molecule has 10 heteroatoms. The fourth-order valence-corrected chi connectivity index (χ4v) is 0.679. The van der Waals surface area contributed by atoms with Crippen LogP contribution in [0.3, 0.4) is 0 Å². The Morgan fingerprint density at radius 3 is 1.44 bits per heavy atom. The molecule has 0 aliphatic heterocycles. The highest BCUT2D eigenvalue weighted by Gasteiger charge is 2.13. The van der Waals surface area contributed by atoms with Crippen molar-refractivity contribution in [2.24, 2.45) is 0 Å². The van der Waals surface area contributed by atoms with Crippen molar-refractivity contribution in [2.75, 3.05) is 13.5 Å². The normalized spacial score (nSPS) is 9.89. The van der Waals surface area contributed by atoms with E-state index in [0.29, 0.717) is 0 Å². The van der Waals surface area contributed by atoms with Crippen molar-refractivity contribution in [3.63, 3.8) is 0 Å². The molecular formula is C8H11NO9. The number of carbonyl (C=O) groups is 4. The molecule has 0 aromatic heterocycles. The Bertz CT molecular complexity index is 307. The van der Waals surface area contributed by atoms with Gasteiger partial charge in [0.1, 0.15) is 12.8 Å². The quantitative estimate of drug-likeness (QED) is 0.207. The molecule has 18 heavy (non-hydrogen) atoms. The van der Waals surface area contributed by atoms with Gasteiger partial charge in [0.2, 0.25) is 0 Å². The molecule has 102 valence electrons. The fraction of sp³-hybridized carbons (Fsp3) is 0.500. The number of esters is 2. The molecule has 0 radical (unpaired) electrons. The Labute approximate surface area is 100 Å². The third kappa shape index (κ3) is 9.06. The van der Waals surface area contributed by atoms with Gasteiger partial charge in [-0.1, -0.05) is 0 Å². The van der Waals surface area contributed by atoms with Crippen molar-refractivity contribution in [1.82, 2.24) is 5.06 Å². The molecule has 3 N–H and O–H groups in total. The first-order valence-electron chi connectivity index (χ1n) is 4.50. The van der Waals surface area contributed by atoms with Gasteiger partial charge in [-0.3, -0.25) is 19.2 Å². The first-order valence-corrected chi connectivity index (χ1v) is 4.50. The van der Waals surface area contributed by atoms with E-state index in [1.807, 2.05) is 0 Å². The summed E-state index contributed by atoms with van der Waals surface area (Å²) < 4.78 is 8.55. The van der Waals surface area contributed by atoms with Gasteiger partial charge in [0, 0.05) is 0 Å². The lowest BCUT2D eigenvalue weighted by Gasteiger charge is -2.14. The number of carboxylic acids is 2. The van der Waals surface area contributed by atoms with E-state index in [0.717, 1.165) is 0 Å². The Morgan fingerprint density at radius 1 is 0.833 bits per heavy atom. The van der Waals surface area contributed by atoms with E-state index in [4.69, 9.17) is 15.4 Å². The molecule has 0 atom stereocenters. The Balaban J connectivity index is 3.74. The molecule has 0 saturated carbocycles. The summed E-state index contributed by atoms with van der Waals surface area (Å²) in [6.45, 7) is -1.43.